The van der Waals surface area contributed by atoms with Gasteiger partial charge in [-0.25, -0.2) is 0 Å². The summed E-state index contributed by atoms with van der Waals surface area (Å²) in [5.41, 5.74) is 3.71. The van der Waals surface area contributed by atoms with Gasteiger partial charge in [0, 0.05) is 24.8 Å². The van der Waals surface area contributed by atoms with E-state index in [1.807, 2.05) is 10.9 Å². The molecule has 2 aromatic rings. The topological polar surface area (TPSA) is 29.9 Å². The lowest BCUT2D eigenvalue weighted by molar-refractivity contribution is 0.512. The molecule has 3 heteroatoms. The van der Waals surface area contributed by atoms with E-state index in [1.54, 1.807) is 0 Å². The average Bonchev–Trinajstić information content (AvgIpc) is 2.85. The molecule has 1 heterocycles. The van der Waals surface area contributed by atoms with Gasteiger partial charge >= 0.3 is 0 Å². The molecule has 1 aromatic carbocycles. The molecule has 0 bridgehead atoms. The molecule has 1 aromatic heterocycles. The molecule has 0 aliphatic carbocycles. The van der Waals surface area contributed by atoms with Gasteiger partial charge in [-0.3, -0.25) is 4.68 Å². The number of aromatic nitrogens is 2. The van der Waals surface area contributed by atoms with Gasteiger partial charge in [-0.15, -0.1) is 0 Å². The van der Waals surface area contributed by atoms with Crippen molar-refractivity contribution in [3.8, 4) is 0 Å². The van der Waals surface area contributed by atoms with Crippen molar-refractivity contribution in [1.29, 1.82) is 0 Å². The molecule has 0 spiro atoms. The van der Waals surface area contributed by atoms with Gasteiger partial charge in [-0.1, -0.05) is 29.8 Å². The van der Waals surface area contributed by atoms with Crippen molar-refractivity contribution in [3.63, 3.8) is 0 Å². The van der Waals surface area contributed by atoms with E-state index in [0.29, 0.717) is 12.1 Å². The molecule has 102 valence electrons. The molecule has 1 N–H and O–H groups in total. The van der Waals surface area contributed by atoms with E-state index in [9.17, 15) is 0 Å². The summed E-state index contributed by atoms with van der Waals surface area (Å²) < 4.78 is 1.99. The fourth-order valence-electron chi connectivity index (χ4n) is 2.07. The van der Waals surface area contributed by atoms with Gasteiger partial charge in [0.25, 0.3) is 0 Å². The minimum atomic E-state index is 0.337. The van der Waals surface area contributed by atoms with Crippen LogP contribution in [0.2, 0.25) is 0 Å². The fraction of sp³-hybridized carbons (Fsp3) is 0.438. The van der Waals surface area contributed by atoms with Gasteiger partial charge in [-0.2, -0.15) is 5.10 Å². The molecule has 0 radical (unpaired) electrons. The van der Waals surface area contributed by atoms with Crippen molar-refractivity contribution in [1.82, 2.24) is 15.1 Å². The fourth-order valence-corrected chi connectivity index (χ4v) is 2.07. The molecule has 0 amide bonds. The van der Waals surface area contributed by atoms with E-state index in [4.69, 9.17) is 0 Å². The summed E-state index contributed by atoms with van der Waals surface area (Å²) in [6.45, 7) is 9.39. The first-order valence-corrected chi connectivity index (χ1v) is 6.90. The van der Waals surface area contributed by atoms with Crippen molar-refractivity contribution < 1.29 is 0 Å². The third kappa shape index (κ3) is 3.67. The number of nitrogens with one attached hydrogen (secondary N) is 1. The highest BCUT2D eigenvalue weighted by Gasteiger charge is 2.07. The number of aryl methyl sites for hydroxylation is 1. The molecule has 0 saturated heterocycles. The third-order valence-corrected chi connectivity index (χ3v) is 3.32. The van der Waals surface area contributed by atoms with Crippen molar-refractivity contribution in [2.45, 2.75) is 46.3 Å². The molecule has 0 aliphatic rings. The second-order valence-corrected chi connectivity index (χ2v) is 5.40. The highest BCUT2D eigenvalue weighted by atomic mass is 15.3. The number of benzene rings is 1. The minimum Gasteiger partial charge on any atom is -0.304 e. The van der Waals surface area contributed by atoms with Crippen LogP contribution in [-0.4, -0.2) is 9.78 Å². The van der Waals surface area contributed by atoms with Crippen LogP contribution in [0.1, 0.15) is 49.7 Å². The maximum atomic E-state index is 4.55. The van der Waals surface area contributed by atoms with E-state index in [1.165, 1.54) is 11.1 Å². The number of rotatable bonds is 5. The summed E-state index contributed by atoms with van der Waals surface area (Å²) in [5, 5.41) is 8.07. The van der Waals surface area contributed by atoms with Gasteiger partial charge in [0.2, 0.25) is 0 Å². The lowest BCUT2D eigenvalue weighted by Gasteiger charge is -2.14. The SMILES string of the molecule is Cc1cccc([C@H](C)NCc2ccn(C(C)C)n2)c1. The Kier molecular flexibility index (Phi) is 4.38. The lowest BCUT2D eigenvalue weighted by Crippen LogP contribution is -2.18. The van der Waals surface area contributed by atoms with Gasteiger partial charge in [0.15, 0.2) is 0 Å². The highest BCUT2D eigenvalue weighted by Crippen LogP contribution is 2.14. The van der Waals surface area contributed by atoms with E-state index < -0.39 is 0 Å². The van der Waals surface area contributed by atoms with Crippen LogP contribution in [0.3, 0.4) is 0 Å². The first-order chi connectivity index (χ1) is 9.06. The van der Waals surface area contributed by atoms with Gasteiger partial charge in [0.1, 0.15) is 0 Å². The predicted molar refractivity (Wildman–Crippen MR) is 79.0 cm³/mol. The second-order valence-electron chi connectivity index (χ2n) is 5.40. The normalized spacial score (nSPS) is 12.9. The summed E-state index contributed by atoms with van der Waals surface area (Å²) in [7, 11) is 0. The van der Waals surface area contributed by atoms with Crippen LogP contribution in [0.25, 0.3) is 0 Å². The standard InChI is InChI=1S/C16H23N3/c1-12(2)19-9-8-16(18-19)11-17-14(4)15-7-5-6-13(3)10-15/h5-10,12,14,17H,11H2,1-4H3/t14-/m0/s1. The first-order valence-electron chi connectivity index (χ1n) is 6.90. The van der Waals surface area contributed by atoms with Crippen LogP contribution in [-0.2, 0) is 6.54 Å². The molecule has 3 nitrogen and oxygen atoms in total. The Hall–Kier alpha value is -1.61. The molecular formula is C16H23N3. The Morgan fingerprint density at radius 2 is 2.00 bits per heavy atom. The summed E-state index contributed by atoms with van der Waals surface area (Å²) in [4.78, 5) is 0. The van der Waals surface area contributed by atoms with Crippen molar-refractivity contribution in [3.05, 3.63) is 53.3 Å². The largest absolute Gasteiger partial charge is 0.304 e. The van der Waals surface area contributed by atoms with Crippen molar-refractivity contribution >= 4 is 0 Å². The van der Waals surface area contributed by atoms with Crippen LogP contribution in [0.5, 0.6) is 0 Å². The van der Waals surface area contributed by atoms with Crippen molar-refractivity contribution in [2.24, 2.45) is 0 Å². The van der Waals surface area contributed by atoms with Crippen LogP contribution in [0.15, 0.2) is 36.5 Å². The van der Waals surface area contributed by atoms with Gasteiger partial charge in [0.05, 0.1) is 5.69 Å². The average molecular weight is 257 g/mol. The zero-order valence-corrected chi connectivity index (χ0v) is 12.2. The molecule has 1 atom stereocenters. The van der Waals surface area contributed by atoms with Gasteiger partial charge < -0.3 is 5.32 Å². The highest BCUT2D eigenvalue weighted by molar-refractivity contribution is 5.24. The number of hydrogen-bond acceptors (Lipinski definition) is 2. The Morgan fingerprint density at radius 3 is 2.63 bits per heavy atom. The number of nitrogens with zero attached hydrogens (tertiary/aromatic N) is 2. The molecule has 0 aliphatic heterocycles. The number of hydrogen-bond donors (Lipinski definition) is 1. The zero-order chi connectivity index (χ0) is 13.8. The monoisotopic (exact) mass is 257 g/mol. The predicted octanol–water partition coefficient (Wildman–Crippen LogP) is 3.62. The summed E-state index contributed by atoms with van der Waals surface area (Å²) in [6, 6.07) is 11.5. The van der Waals surface area contributed by atoms with Crippen molar-refractivity contribution in [2.75, 3.05) is 0 Å². The maximum Gasteiger partial charge on any atom is 0.0762 e. The summed E-state index contributed by atoms with van der Waals surface area (Å²) in [6.07, 6.45) is 2.04. The van der Waals surface area contributed by atoms with E-state index in [-0.39, 0.29) is 0 Å². The van der Waals surface area contributed by atoms with Crippen LogP contribution in [0.4, 0.5) is 0 Å². The Labute approximate surface area is 115 Å². The van der Waals surface area contributed by atoms with Crippen LogP contribution in [0, 0.1) is 6.92 Å². The first kappa shape index (κ1) is 13.8. The van der Waals surface area contributed by atoms with E-state index in [0.717, 1.165) is 12.2 Å². The Bertz CT molecular complexity index is 528. The molecule has 0 unspecified atom stereocenters. The Morgan fingerprint density at radius 1 is 1.21 bits per heavy atom. The maximum absolute atomic E-state index is 4.55. The quantitative estimate of drug-likeness (QED) is 0.886. The van der Waals surface area contributed by atoms with Gasteiger partial charge in [-0.05, 0) is 39.3 Å². The summed E-state index contributed by atoms with van der Waals surface area (Å²) >= 11 is 0. The van der Waals surface area contributed by atoms with E-state index >= 15 is 0 Å². The Balaban J connectivity index is 1.94. The second kappa shape index (κ2) is 6.02. The summed E-state index contributed by atoms with van der Waals surface area (Å²) in [5.74, 6) is 0. The molecule has 2 rings (SSSR count). The molecule has 0 fully saturated rings. The minimum absolute atomic E-state index is 0.337. The molecule has 0 saturated carbocycles. The zero-order valence-electron chi connectivity index (χ0n) is 12.2. The van der Waals surface area contributed by atoms with Crippen LogP contribution >= 0.6 is 0 Å². The molecular weight excluding hydrogens is 234 g/mol. The lowest BCUT2D eigenvalue weighted by atomic mass is 10.1. The smallest absolute Gasteiger partial charge is 0.0762 e. The third-order valence-electron chi connectivity index (χ3n) is 3.32. The van der Waals surface area contributed by atoms with E-state index in [2.05, 4.69) is 68.4 Å². The molecule has 19 heavy (non-hydrogen) atoms. The van der Waals surface area contributed by atoms with Crippen LogP contribution < -0.4 is 5.32 Å².